The molecule has 0 spiro atoms. The van der Waals surface area contributed by atoms with Crippen molar-refractivity contribution in [1.82, 2.24) is 0 Å². The number of carbonyl (C=O) groups is 2. The van der Waals surface area contributed by atoms with E-state index in [1.165, 1.54) is 33.4 Å². The summed E-state index contributed by atoms with van der Waals surface area (Å²) in [5.41, 5.74) is 8.73. The molecule has 0 aromatic rings. The van der Waals surface area contributed by atoms with Gasteiger partial charge in [0.15, 0.2) is 0 Å². The monoisotopic (exact) mass is 516 g/mol. The normalized spacial score (nSPS) is 25.7. The quantitative estimate of drug-likeness (QED) is 0.191. The van der Waals surface area contributed by atoms with Crippen LogP contribution in [-0.4, -0.2) is 11.6 Å². The van der Waals surface area contributed by atoms with E-state index in [1.54, 1.807) is 0 Å². The van der Waals surface area contributed by atoms with Gasteiger partial charge in [0, 0.05) is 11.8 Å². The summed E-state index contributed by atoms with van der Waals surface area (Å²) < 4.78 is 0. The van der Waals surface area contributed by atoms with Crippen LogP contribution in [0.1, 0.15) is 119 Å². The van der Waals surface area contributed by atoms with Crippen LogP contribution < -0.4 is 0 Å². The fourth-order valence-electron chi connectivity index (χ4n) is 6.66. The van der Waals surface area contributed by atoms with Gasteiger partial charge in [-0.1, -0.05) is 69.9 Å². The molecule has 0 N–H and O–H groups in total. The Morgan fingerprint density at radius 1 is 0.632 bits per heavy atom. The summed E-state index contributed by atoms with van der Waals surface area (Å²) in [4.78, 5) is 26.0. The van der Waals surface area contributed by atoms with Crippen molar-refractivity contribution in [3.63, 3.8) is 0 Å². The minimum atomic E-state index is -0.0783. The molecular weight excluding hydrogens is 464 g/mol. The molecule has 2 heteroatoms. The zero-order valence-corrected chi connectivity index (χ0v) is 25.1. The van der Waals surface area contributed by atoms with Gasteiger partial charge in [0.05, 0.1) is 0 Å². The maximum absolute atomic E-state index is 13.0. The van der Waals surface area contributed by atoms with Crippen molar-refractivity contribution in [2.45, 2.75) is 119 Å². The summed E-state index contributed by atoms with van der Waals surface area (Å²) >= 11 is 0. The van der Waals surface area contributed by atoms with Crippen molar-refractivity contribution >= 4 is 11.6 Å². The minimum absolute atomic E-state index is 0.0756. The van der Waals surface area contributed by atoms with Crippen LogP contribution in [0.3, 0.4) is 0 Å². The summed E-state index contributed by atoms with van der Waals surface area (Å²) in [5.74, 6) is 0.383. The molecular formula is C36H52O2. The Balaban J connectivity index is 1.57. The lowest BCUT2D eigenvalue weighted by Crippen LogP contribution is -2.49. The second-order valence-electron chi connectivity index (χ2n) is 12.7. The average Bonchev–Trinajstić information content (AvgIpc) is 2.86. The largest absolute Gasteiger partial charge is 0.291 e. The maximum atomic E-state index is 13.0. The zero-order valence-electron chi connectivity index (χ0n) is 25.1. The molecule has 1 fully saturated rings. The van der Waals surface area contributed by atoms with Gasteiger partial charge in [-0.2, -0.15) is 0 Å². The summed E-state index contributed by atoms with van der Waals surface area (Å²) in [6, 6.07) is 0. The molecule has 3 rings (SSSR count). The maximum Gasteiger partial charge on any atom is 0.202 e. The van der Waals surface area contributed by atoms with Crippen molar-refractivity contribution in [1.29, 1.82) is 0 Å². The highest BCUT2D eigenvalue weighted by Crippen LogP contribution is 2.49. The molecule has 1 saturated carbocycles. The minimum Gasteiger partial charge on any atom is -0.291 e. The Morgan fingerprint density at radius 2 is 1.03 bits per heavy atom. The van der Waals surface area contributed by atoms with Crippen LogP contribution in [0.5, 0.6) is 0 Å². The molecule has 0 saturated heterocycles. The van der Waals surface area contributed by atoms with E-state index in [-0.39, 0.29) is 23.4 Å². The van der Waals surface area contributed by atoms with Crippen LogP contribution in [0.2, 0.25) is 0 Å². The number of allylic oxidation sites excluding steroid dienone is 12. The van der Waals surface area contributed by atoms with Crippen molar-refractivity contribution in [2.24, 2.45) is 23.7 Å². The molecule has 38 heavy (non-hydrogen) atoms. The first-order valence-electron chi connectivity index (χ1n) is 15.2. The first-order valence-corrected chi connectivity index (χ1v) is 15.2. The Hall–Kier alpha value is -2.22. The molecule has 4 unspecified atom stereocenters. The molecule has 0 aliphatic heterocycles. The van der Waals surface area contributed by atoms with Gasteiger partial charge in [0.2, 0.25) is 11.6 Å². The molecule has 0 heterocycles. The summed E-state index contributed by atoms with van der Waals surface area (Å²) in [5, 5.41) is 0. The highest BCUT2D eigenvalue weighted by atomic mass is 16.2. The van der Waals surface area contributed by atoms with Gasteiger partial charge >= 0.3 is 0 Å². The predicted molar refractivity (Wildman–Crippen MR) is 162 cm³/mol. The Bertz CT molecular complexity index is 949. The fourth-order valence-corrected chi connectivity index (χ4v) is 6.66. The van der Waals surface area contributed by atoms with Crippen LogP contribution in [0.4, 0.5) is 0 Å². The van der Waals surface area contributed by atoms with Gasteiger partial charge in [-0.15, -0.1) is 0 Å². The van der Waals surface area contributed by atoms with Gasteiger partial charge in [-0.3, -0.25) is 9.59 Å². The Labute approximate surface area is 233 Å². The van der Waals surface area contributed by atoms with Crippen LogP contribution in [0.15, 0.2) is 69.9 Å². The van der Waals surface area contributed by atoms with Crippen LogP contribution in [0, 0.1) is 23.7 Å². The van der Waals surface area contributed by atoms with E-state index in [0.29, 0.717) is 11.8 Å². The van der Waals surface area contributed by atoms with Crippen molar-refractivity contribution in [2.75, 3.05) is 0 Å². The molecule has 0 aromatic heterocycles. The van der Waals surface area contributed by atoms with Crippen molar-refractivity contribution < 1.29 is 9.59 Å². The highest BCUT2D eigenvalue weighted by Gasteiger charge is 2.50. The number of rotatable bonds is 12. The summed E-state index contributed by atoms with van der Waals surface area (Å²) in [7, 11) is 0. The summed E-state index contributed by atoms with van der Waals surface area (Å²) in [6.07, 6.45) is 26.4. The van der Waals surface area contributed by atoms with Crippen molar-refractivity contribution in [3.8, 4) is 0 Å². The first-order chi connectivity index (χ1) is 18.2. The highest BCUT2D eigenvalue weighted by molar-refractivity contribution is 6.39. The lowest BCUT2D eigenvalue weighted by Gasteiger charge is -2.45. The Kier molecular flexibility index (Phi) is 11.8. The van der Waals surface area contributed by atoms with Crippen LogP contribution in [-0.2, 0) is 9.59 Å². The van der Waals surface area contributed by atoms with Gasteiger partial charge < -0.3 is 0 Å². The predicted octanol–water partition coefficient (Wildman–Crippen LogP) is 9.99. The molecule has 0 radical (unpaired) electrons. The third-order valence-electron chi connectivity index (χ3n) is 8.92. The molecule has 4 atom stereocenters. The molecule has 3 aliphatic rings. The third-order valence-corrected chi connectivity index (χ3v) is 8.92. The molecule has 0 aromatic carbocycles. The number of Topliss-reactive ketones (excluding diaryl/α,β-unsaturated/α-hetero) is 2. The molecule has 0 bridgehead atoms. The number of ketones is 2. The van der Waals surface area contributed by atoms with Crippen LogP contribution >= 0.6 is 0 Å². The third kappa shape index (κ3) is 8.92. The standard InChI is InChI=1S/C36H52O2/c1-25(2)11-7-13-27(5)15-9-17-29-19-21-31-33(23-29)34-24-30(20-22-32(34)36(38)35(31)37)18-10-16-28(6)14-8-12-26(3)4/h11-12,15-16,19-20,31-34H,7-10,13-14,17-18,21-24H2,1-6H3. The van der Waals surface area contributed by atoms with E-state index in [0.717, 1.165) is 77.0 Å². The topological polar surface area (TPSA) is 34.1 Å². The van der Waals surface area contributed by atoms with E-state index < -0.39 is 0 Å². The number of carbonyl (C=O) groups excluding carboxylic acids is 2. The van der Waals surface area contributed by atoms with Crippen molar-refractivity contribution in [3.05, 3.63) is 69.9 Å². The van der Waals surface area contributed by atoms with E-state index in [2.05, 4.69) is 78.0 Å². The van der Waals surface area contributed by atoms with E-state index in [9.17, 15) is 9.59 Å². The zero-order chi connectivity index (χ0) is 27.7. The van der Waals surface area contributed by atoms with Gasteiger partial charge in [0.1, 0.15) is 0 Å². The molecule has 3 aliphatic carbocycles. The summed E-state index contributed by atoms with van der Waals surface area (Å²) in [6.45, 7) is 13.1. The molecule has 0 amide bonds. The second kappa shape index (κ2) is 14.8. The SMILES string of the molecule is CC(C)=CCCC(C)=CCCC1=CCC2C(=O)C(=O)C3CC=C(CCC=C(C)CCC=C(C)C)CC3C2C1. The van der Waals surface area contributed by atoms with E-state index in [1.807, 2.05) is 0 Å². The Morgan fingerprint density at radius 3 is 1.39 bits per heavy atom. The molecule has 208 valence electrons. The number of fused-ring (bicyclic) bond motifs is 3. The molecule has 2 nitrogen and oxygen atoms in total. The first kappa shape index (κ1) is 30.3. The second-order valence-corrected chi connectivity index (χ2v) is 12.7. The van der Waals surface area contributed by atoms with Crippen LogP contribution in [0.25, 0.3) is 0 Å². The average molecular weight is 517 g/mol. The lowest BCUT2D eigenvalue weighted by atomic mass is 9.57. The lowest BCUT2D eigenvalue weighted by molar-refractivity contribution is -0.149. The fraction of sp³-hybridized carbons (Fsp3) is 0.611. The number of hydrogen-bond donors (Lipinski definition) is 0. The smallest absolute Gasteiger partial charge is 0.202 e. The van der Waals surface area contributed by atoms with Gasteiger partial charge in [-0.25, -0.2) is 0 Å². The number of hydrogen-bond acceptors (Lipinski definition) is 2. The van der Waals surface area contributed by atoms with Gasteiger partial charge in [-0.05, 0) is 130 Å². The van der Waals surface area contributed by atoms with E-state index in [4.69, 9.17) is 0 Å². The van der Waals surface area contributed by atoms with Gasteiger partial charge in [0.25, 0.3) is 0 Å². The van der Waals surface area contributed by atoms with E-state index >= 15 is 0 Å².